The second-order valence-electron chi connectivity index (χ2n) is 4.87. The van der Waals surface area contributed by atoms with Crippen LogP contribution < -0.4 is 15.8 Å². The molecule has 0 saturated carbocycles. The number of nitrogen functional groups attached to an aromatic ring is 1. The Labute approximate surface area is 121 Å². The highest BCUT2D eigenvalue weighted by atomic mass is 16.5. The fourth-order valence-electron chi connectivity index (χ4n) is 2.31. The monoisotopic (exact) mass is 285 g/mol. The molecule has 21 heavy (non-hydrogen) atoms. The number of aromatic nitrogens is 1. The Morgan fingerprint density at radius 3 is 2.95 bits per heavy atom. The molecule has 1 atom stereocenters. The third-order valence-electron chi connectivity index (χ3n) is 3.36. The molecule has 1 aromatic carbocycles. The van der Waals surface area contributed by atoms with Crippen LogP contribution in [0.4, 0.5) is 11.5 Å². The Bertz CT molecular complexity index is 663. The Kier molecular flexibility index (Phi) is 3.35. The fourth-order valence-corrected chi connectivity index (χ4v) is 2.31. The molecule has 2 aromatic rings. The molecule has 0 fully saturated rings. The molecule has 1 aliphatic heterocycles. The van der Waals surface area contributed by atoms with Crippen LogP contribution in [-0.2, 0) is 6.42 Å². The van der Waals surface area contributed by atoms with Crippen LogP contribution in [0.3, 0.4) is 0 Å². The van der Waals surface area contributed by atoms with Crippen molar-refractivity contribution in [1.29, 1.82) is 0 Å². The summed E-state index contributed by atoms with van der Waals surface area (Å²) in [5.74, 6) is 0.182. The van der Waals surface area contributed by atoms with Gasteiger partial charge in [-0.3, -0.25) is 0 Å². The van der Waals surface area contributed by atoms with Gasteiger partial charge in [0.15, 0.2) is 5.69 Å². The topological polar surface area (TPSA) is 97.5 Å². The number of ether oxygens (including phenoxy) is 1. The largest absolute Gasteiger partial charge is 0.488 e. The lowest BCUT2D eigenvalue weighted by molar-refractivity contribution is 0.0690. The fraction of sp³-hybridized carbons (Fsp3) is 0.200. The van der Waals surface area contributed by atoms with E-state index in [0.717, 1.165) is 12.2 Å². The maximum Gasteiger partial charge on any atom is 0.354 e. The highest BCUT2D eigenvalue weighted by Crippen LogP contribution is 2.28. The van der Waals surface area contributed by atoms with Crippen molar-refractivity contribution in [3.05, 3.63) is 47.7 Å². The molecule has 0 amide bonds. The Morgan fingerprint density at radius 2 is 2.19 bits per heavy atom. The number of para-hydroxylation sites is 1. The van der Waals surface area contributed by atoms with Crippen LogP contribution in [0.15, 0.2) is 36.4 Å². The zero-order valence-corrected chi connectivity index (χ0v) is 11.2. The number of benzene rings is 1. The highest BCUT2D eigenvalue weighted by molar-refractivity contribution is 5.86. The Hall–Kier alpha value is -2.76. The van der Waals surface area contributed by atoms with E-state index in [4.69, 9.17) is 15.6 Å². The van der Waals surface area contributed by atoms with Gasteiger partial charge in [-0.1, -0.05) is 18.2 Å². The molecular weight excluding hydrogens is 270 g/mol. The van der Waals surface area contributed by atoms with Gasteiger partial charge in [-0.25, -0.2) is 9.78 Å². The second kappa shape index (κ2) is 5.32. The van der Waals surface area contributed by atoms with E-state index in [-0.39, 0.29) is 11.8 Å². The molecule has 1 aliphatic rings. The summed E-state index contributed by atoms with van der Waals surface area (Å²) in [6.45, 7) is 0.509. The second-order valence-corrected chi connectivity index (χ2v) is 4.87. The van der Waals surface area contributed by atoms with Gasteiger partial charge in [-0.15, -0.1) is 0 Å². The molecule has 1 unspecified atom stereocenters. The van der Waals surface area contributed by atoms with Crippen LogP contribution in [0.1, 0.15) is 16.1 Å². The number of anilines is 2. The van der Waals surface area contributed by atoms with Crippen molar-refractivity contribution in [3.63, 3.8) is 0 Å². The average Bonchev–Trinajstić information content (AvgIpc) is 2.89. The van der Waals surface area contributed by atoms with E-state index in [1.54, 1.807) is 0 Å². The minimum atomic E-state index is -1.08. The van der Waals surface area contributed by atoms with E-state index in [1.165, 1.54) is 17.7 Å². The average molecular weight is 285 g/mol. The minimum absolute atomic E-state index is 0.0166. The van der Waals surface area contributed by atoms with E-state index in [9.17, 15) is 4.79 Å². The smallest absolute Gasteiger partial charge is 0.354 e. The van der Waals surface area contributed by atoms with Crippen LogP contribution in [-0.4, -0.2) is 28.7 Å². The van der Waals surface area contributed by atoms with Crippen LogP contribution >= 0.6 is 0 Å². The number of pyridine rings is 1. The molecule has 6 heteroatoms. The van der Waals surface area contributed by atoms with Crippen molar-refractivity contribution in [2.24, 2.45) is 0 Å². The quantitative estimate of drug-likeness (QED) is 0.792. The van der Waals surface area contributed by atoms with Gasteiger partial charge in [-0.05, 0) is 23.8 Å². The maximum atomic E-state index is 10.9. The number of nitrogens with two attached hydrogens (primary N) is 1. The minimum Gasteiger partial charge on any atom is -0.488 e. The summed E-state index contributed by atoms with van der Waals surface area (Å²) < 4.78 is 5.80. The number of nitrogens with one attached hydrogen (secondary N) is 1. The molecule has 6 nitrogen and oxygen atoms in total. The summed E-state index contributed by atoms with van der Waals surface area (Å²) in [6, 6.07) is 10.8. The predicted octanol–water partition coefficient (Wildman–Crippen LogP) is 1.78. The number of carboxylic acids is 1. The van der Waals surface area contributed by atoms with Gasteiger partial charge < -0.3 is 20.9 Å². The number of rotatable bonds is 4. The van der Waals surface area contributed by atoms with Gasteiger partial charge in [0.05, 0.1) is 12.2 Å². The molecule has 0 saturated heterocycles. The van der Waals surface area contributed by atoms with Crippen LogP contribution in [0.2, 0.25) is 0 Å². The van der Waals surface area contributed by atoms with Crippen molar-refractivity contribution in [3.8, 4) is 5.75 Å². The first-order valence-electron chi connectivity index (χ1n) is 6.62. The summed E-state index contributed by atoms with van der Waals surface area (Å²) in [4.78, 5) is 14.9. The third-order valence-corrected chi connectivity index (χ3v) is 3.36. The first kappa shape index (κ1) is 13.2. The SMILES string of the molecule is Nc1ccc(C(=O)O)nc1NCC1Cc2ccccc2O1. The van der Waals surface area contributed by atoms with Gasteiger partial charge in [0, 0.05) is 6.42 Å². The van der Waals surface area contributed by atoms with E-state index >= 15 is 0 Å². The third kappa shape index (κ3) is 2.74. The van der Waals surface area contributed by atoms with Crippen molar-refractivity contribution >= 4 is 17.5 Å². The van der Waals surface area contributed by atoms with Crippen molar-refractivity contribution in [2.45, 2.75) is 12.5 Å². The maximum absolute atomic E-state index is 10.9. The lowest BCUT2D eigenvalue weighted by atomic mass is 10.1. The number of aromatic carboxylic acids is 1. The van der Waals surface area contributed by atoms with Crippen LogP contribution in [0.5, 0.6) is 5.75 Å². The van der Waals surface area contributed by atoms with E-state index in [1.807, 2.05) is 24.3 Å². The molecule has 0 bridgehead atoms. The Morgan fingerprint density at radius 1 is 1.38 bits per heavy atom. The van der Waals surface area contributed by atoms with Crippen molar-refractivity contribution in [2.75, 3.05) is 17.6 Å². The number of fused-ring (bicyclic) bond motifs is 1. The molecule has 0 spiro atoms. The molecule has 0 aliphatic carbocycles. The zero-order valence-electron chi connectivity index (χ0n) is 11.2. The molecule has 0 radical (unpaired) electrons. The van der Waals surface area contributed by atoms with Gasteiger partial charge >= 0.3 is 5.97 Å². The summed E-state index contributed by atoms with van der Waals surface area (Å²) in [7, 11) is 0. The van der Waals surface area contributed by atoms with Gasteiger partial charge in [0.1, 0.15) is 17.7 Å². The normalized spacial score (nSPS) is 16.1. The molecule has 108 valence electrons. The van der Waals surface area contributed by atoms with Gasteiger partial charge in [-0.2, -0.15) is 0 Å². The van der Waals surface area contributed by atoms with Crippen molar-refractivity contribution < 1.29 is 14.6 Å². The van der Waals surface area contributed by atoms with Crippen LogP contribution in [0.25, 0.3) is 0 Å². The predicted molar refractivity (Wildman–Crippen MR) is 78.7 cm³/mol. The lowest BCUT2D eigenvalue weighted by Crippen LogP contribution is -2.25. The number of hydrogen-bond acceptors (Lipinski definition) is 5. The molecular formula is C15H15N3O3. The van der Waals surface area contributed by atoms with Gasteiger partial charge in [0.25, 0.3) is 0 Å². The Balaban J connectivity index is 1.67. The molecule has 2 heterocycles. The summed E-state index contributed by atoms with van der Waals surface area (Å²) in [5, 5.41) is 12.0. The highest BCUT2D eigenvalue weighted by Gasteiger charge is 2.22. The first-order valence-corrected chi connectivity index (χ1v) is 6.62. The summed E-state index contributed by atoms with van der Waals surface area (Å²) in [6.07, 6.45) is 0.791. The number of nitrogens with zero attached hydrogens (tertiary/aromatic N) is 1. The summed E-state index contributed by atoms with van der Waals surface area (Å²) in [5.41, 5.74) is 7.34. The number of hydrogen-bond donors (Lipinski definition) is 3. The lowest BCUT2D eigenvalue weighted by Gasteiger charge is -2.13. The standard InChI is InChI=1S/C15H15N3O3/c16-11-5-6-12(15(19)20)18-14(11)17-8-10-7-9-3-1-2-4-13(9)21-10/h1-6,10H,7-8,16H2,(H,17,18)(H,19,20). The molecule has 3 rings (SSSR count). The van der Waals surface area contributed by atoms with E-state index in [0.29, 0.717) is 18.1 Å². The van der Waals surface area contributed by atoms with Gasteiger partial charge in [0.2, 0.25) is 0 Å². The number of carboxylic acid groups (broad SMARTS) is 1. The van der Waals surface area contributed by atoms with Crippen molar-refractivity contribution in [1.82, 2.24) is 4.98 Å². The van der Waals surface area contributed by atoms with E-state index < -0.39 is 5.97 Å². The summed E-state index contributed by atoms with van der Waals surface area (Å²) >= 11 is 0. The molecule has 4 N–H and O–H groups in total. The zero-order chi connectivity index (χ0) is 14.8. The van der Waals surface area contributed by atoms with E-state index in [2.05, 4.69) is 10.3 Å². The van der Waals surface area contributed by atoms with Crippen LogP contribution in [0, 0.1) is 0 Å². The first-order chi connectivity index (χ1) is 10.1. The molecule has 1 aromatic heterocycles. The number of carbonyl (C=O) groups is 1.